The van der Waals surface area contributed by atoms with Crippen molar-refractivity contribution in [2.24, 2.45) is 35.5 Å². The van der Waals surface area contributed by atoms with Crippen LogP contribution < -0.4 is 10.7 Å². The number of halogens is 1. The fourth-order valence-corrected chi connectivity index (χ4v) is 9.22. The van der Waals surface area contributed by atoms with Gasteiger partial charge in [-0.3, -0.25) is 10.2 Å². The molecule has 9 unspecified atom stereocenters. The van der Waals surface area contributed by atoms with Crippen molar-refractivity contribution >= 4 is 35.3 Å². The minimum atomic E-state index is 0.105. The van der Waals surface area contributed by atoms with Crippen molar-refractivity contribution in [2.45, 2.75) is 148 Å². The zero-order valence-electron chi connectivity index (χ0n) is 27.0. The number of alkyl halides is 1. The van der Waals surface area contributed by atoms with Crippen molar-refractivity contribution in [3.8, 4) is 0 Å². The summed E-state index contributed by atoms with van der Waals surface area (Å²) < 4.78 is 0. The molecule has 9 atom stereocenters. The molecule has 4 fully saturated rings. The topological polar surface area (TPSA) is 47.6 Å². The van der Waals surface area contributed by atoms with Crippen LogP contribution in [0.5, 0.6) is 0 Å². The summed E-state index contributed by atoms with van der Waals surface area (Å²) in [5.74, 6) is 5.35. The Hall–Kier alpha value is -0.235. The van der Waals surface area contributed by atoms with Crippen LogP contribution in [-0.4, -0.2) is 77.4 Å². The summed E-state index contributed by atoms with van der Waals surface area (Å²) in [7, 11) is 4.72. The molecule has 4 rings (SSSR count). The van der Waals surface area contributed by atoms with Crippen molar-refractivity contribution in [3.05, 3.63) is 0 Å². The van der Waals surface area contributed by atoms with Crippen LogP contribution in [0.1, 0.15) is 113 Å². The standard InChI is InChI=1S/C31H57BrN4O.C2H4B/c1-8-20(6)29-28-26(9-2)35(31(37)24-15-16-25(32)21(7)30(24)33-10-3)18-17-27(28)36(34-29)23-13-11-22(12-14-23)19(4)5;1-2-3/h19-30,33-34H,8-18H2,1-7H3;2H,1H3. The molecule has 7 heteroatoms. The molecule has 2 aliphatic carbocycles. The van der Waals surface area contributed by atoms with Gasteiger partial charge in [0.25, 0.3) is 0 Å². The third kappa shape index (κ3) is 7.45. The molecule has 2 saturated carbocycles. The van der Waals surface area contributed by atoms with Gasteiger partial charge in [-0.1, -0.05) is 70.8 Å². The Labute approximate surface area is 256 Å². The van der Waals surface area contributed by atoms with E-state index in [0.29, 0.717) is 52.7 Å². The summed E-state index contributed by atoms with van der Waals surface area (Å²) in [4.78, 5) is 17.2. The number of carbonyl (C=O) groups is 1. The fourth-order valence-electron chi connectivity index (χ4n) is 8.63. The molecule has 0 aromatic rings. The van der Waals surface area contributed by atoms with E-state index in [1.165, 1.54) is 38.1 Å². The van der Waals surface area contributed by atoms with Gasteiger partial charge in [0.15, 0.2) is 0 Å². The van der Waals surface area contributed by atoms with E-state index in [0.717, 1.165) is 50.6 Å². The van der Waals surface area contributed by atoms with Gasteiger partial charge >= 0.3 is 20.4 Å². The van der Waals surface area contributed by atoms with Crippen LogP contribution >= 0.6 is 15.9 Å². The van der Waals surface area contributed by atoms with E-state index < -0.39 is 0 Å². The maximum absolute atomic E-state index is 14.3. The van der Waals surface area contributed by atoms with Gasteiger partial charge in [-0.25, -0.2) is 5.01 Å². The molecule has 2 saturated heterocycles. The van der Waals surface area contributed by atoms with Gasteiger partial charge in [-0.15, -0.1) is 0 Å². The summed E-state index contributed by atoms with van der Waals surface area (Å²) >= 11 is 3.91. The summed E-state index contributed by atoms with van der Waals surface area (Å²) in [6.07, 6.45) is 10.8. The molecule has 0 aromatic carbocycles. The van der Waals surface area contributed by atoms with Crippen molar-refractivity contribution in [2.75, 3.05) is 13.1 Å². The predicted molar refractivity (Wildman–Crippen MR) is 176 cm³/mol. The van der Waals surface area contributed by atoms with Gasteiger partial charge in [0.1, 0.15) is 0 Å². The average Bonchev–Trinajstić information content (AvgIpc) is 3.34. The third-order valence-electron chi connectivity index (χ3n) is 11.1. The molecule has 0 bridgehead atoms. The van der Waals surface area contributed by atoms with E-state index in [9.17, 15) is 4.79 Å². The third-order valence-corrected chi connectivity index (χ3v) is 12.4. The monoisotopic (exact) mass is 619 g/mol. The van der Waals surface area contributed by atoms with Crippen LogP contribution in [0.2, 0.25) is 0 Å². The van der Waals surface area contributed by atoms with E-state index in [4.69, 9.17) is 7.49 Å². The fraction of sp³-hybridized carbons (Fsp3) is 0.939. The van der Waals surface area contributed by atoms with Crippen molar-refractivity contribution in [3.63, 3.8) is 0 Å². The second kappa shape index (κ2) is 16.0. The zero-order valence-corrected chi connectivity index (χ0v) is 28.6. The Morgan fingerprint density at radius 1 is 1.07 bits per heavy atom. The second-order valence-electron chi connectivity index (χ2n) is 13.7. The van der Waals surface area contributed by atoms with Crippen LogP contribution in [0.25, 0.3) is 0 Å². The molecule has 4 aliphatic rings. The molecule has 229 valence electrons. The van der Waals surface area contributed by atoms with Gasteiger partial charge in [-0.05, 0) is 81.6 Å². The number of hydrazine groups is 1. The molecule has 1 radical (unpaired) electrons. The molecule has 5 nitrogen and oxygen atoms in total. The summed E-state index contributed by atoms with van der Waals surface area (Å²) in [5, 5.41) is 6.45. The molecular weight excluding hydrogens is 559 g/mol. The normalized spacial score (nSPS) is 39.3. The number of piperidine rings is 1. The number of rotatable bonds is 8. The predicted octanol–water partition coefficient (Wildman–Crippen LogP) is 6.20. The first-order valence-electron chi connectivity index (χ1n) is 16.9. The summed E-state index contributed by atoms with van der Waals surface area (Å²) in [5.41, 5.74) is 4.12. The molecule has 0 spiro atoms. The first-order chi connectivity index (χ1) is 19.1. The van der Waals surface area contributed by atoms with Crippen molar-refractivity contribution in [1.29, 1.82) is 0 Å². The minimum absolute atomic E-state index is 0.105. The number of carbonyl (C=O) groups excluding carboxylic acids is 1. The molecule has 1 amide bonds. The number of nitrogens with one attached hydrogen (secondary N) is 2. The van der Waals surface area contributed by atoms with Crippen LogP contribution in [-0.2, 0) is 4.79 Å². The second-order valence-corrected chi connectivity index (χ2v) is 14.9. The van der Waals surface area contributed by atoms with E-state index in [2.05, 4.69) is 85.0 Å². The van der Waals surface area contributed by atoms with Crippen molar-refractivity contribution in [1.82, 2.24) is 20.7 Å². The Kier molecular flexibility index (Phi) is 13.7. The first-order valence-corrected chi connectivity index (χ1v) is 17.8. The number of hydrogen-bond acceptors (Lipinski definition) is 4. The molecular formula is C33H61BBrN4O. The van der Waals surface area contributed by atoms with E-state index in [1.807, 2.05) is 0 Å². The number of nitrogens with zero attached hydrogens (tertiary/aromatic N) is 2. The Morgan fingerprint density at radius 2 is 1.73 bits per heavy atom. The summed E-state index contributed by atoms with van der Waals surface area (Å²) in [6, 6.07) is 2.31. The van der Waals surface area contributed by atoms with Gasteiger partial charge in [0, 0.05) is 47.5 Å². The van der Waals surface area contributed by atoms with E-state index in [1.54, 1.807) is 6.92 Å². The first kappa shape index (κ1) is 34.3. The maximum atomic E-state index is 14.3. The van der Waals surface area contributed by atoms with Gasteiger partial charge in [-0.2, -0.15) is 0 Å². The number of amides is 1. The van der Waals surface area contributed by atoms with Gasteiger partial charge in [0.2, 0.25) is 5.91 Å². The molecule has 40 heavy (non-hydrogen) atoms. The van der Waals surface area contributed by atoms with Crippen LogP contribution in [0.4, 0.5) is 0 Å². The van der Waals surface area contributed by atoms with Gasteiger partial charge in [0.05, 0.1) is 5.92 Å². The Morgan fingerprint density at radius 3 is 2.27 bits per heavy atom. The number of fused-ring (bicyclic) bond motifs is 1. The van der Waals surface area contributed by atoms with E-state index in [-0.39, 0.29) is 12.0 Å². The van der Waals surface area contributed by atoms with E-state index >= 15 is 0 Å². The molecule has 2 heterocycles. The number of hydrogen-bond donors (Lipinski definition) is 2. The molecule has 2 aliphatic heterocycles. The zero-order chi connectivity index (χ0) is 29.6. The molecule has 0 aromatic heterocycles. The quantitative estimate of drug-likeness (QED) is 0.251. The molecule has 2 N–H and O–H groups in total. The Balaban J connectivity index is 0.00000141. The van der Waals surface area contributed by atoms with Crippen LogP contribution in [0.3, 0.4) is 0 Å². The number of likely N-dealkylation sites (tertiary alicyclic amines) is 1. The summed E-state index contributed by atoms with van der Waals surface area (Å²) in [6.45, 7) is 20.0. The van der Waals surface area contributed by atoms with Crippen LogP contribution in [0, 0.1) is 35.5 Å². The average molecular weight is 621 g/mol. The SMILES string of the molecule is CCNC1C(C(=O)N2CCC3C(C(C(C)CC)NN3C3CCC(C(C)C)CC3)C2CC)CCC(Br)C1C.[B]=CC. The Bertz CT molecular complexity index is 790. The van der Waals surface area contributed by atoms with Crippen molar-refractivity contribution < 1.29 is 4.79 Å². The van der Waals surface area contributed by atoms with Crippen LogP contribution in [0.15, 0.2) is 0 Å². The van der Waals surface area contributed by atoms with Gasteiger partial charge < -0.3 is 10.2 Å².